The van der Waals surface area contributed by atoms with E-state index in [0.29, 0.717) is 17.9 Å². The van der Waals surface area contributed by atoms with Crippen molar-refractivity contribution in [3.05, 3.63) is 23.8 Å². The van der Waals surface area contributed by atoms with Gasteiger partial charge in [0.25, 0.3) is 0 Å². The van der Waals surface area contributed by atoms with Gasteiger partial charge in [-0.2, -0.15) is 13.2 Å². The molecule has 0 amide bonds. The molecule has 1 unspecified atom stereocenters. The van der Waals surface area contributed by atoms with Crippen molar-refractivity contribution in [1.29, 1.82) is 0 Å². The maximum absolute atomic E-state index is 12.0. The molecule has 0 saturated carbocycles. The average molecular weight is 304 g/mol. The van der Waals surface area contributed by atoms with Crippen LogP contribution in [-0.4, -0.2) is 29.6 Å². The number of benzene rings is 1. The van der Waals surface area contributed by atoms with Crippen LogP contribution in [0, 0.1) is 0 Å². The van der Waals surface area contributed by atoms with Crippen LogP contribution in [0.5, 0.6) is 11.5 Å². The molecule has 21 heavy (non-hydrogen) atoms. The molecule has 1 aromatic carbocycles. The van der Waals surface area contributed by atoms with E-state index < -0.39 is 24.3 Å². The van der Waals surface area contributed by atoms with Gasteiger partial charge in [0.2, 0.25) is 0 Å². The number of halogens is 3. The highest BCUT2D eigenvalue weighted by molar-refractivity contribution is 5.42. The van der Waals surface area contributed by atoms with E-state index in [-0.39, 0.29) is 13.0 Å². The number of rotatable bonds is 4. The van der Waals surface area contributed by atoms with E-state index >= 15 is 0 Å². The zero-order chi connectivity index (χ0) is 15.7. The van der Waals surface area contributed by atoms with Crippen LogP contribution in [0.15, 0.2) is 18.2 Å². The summed E-state index contributed by atoms with van der Waals surface area (Å²) < 4.78 is 47.1. The van der Waals surface area contributed by atoms with Gasteiger partial charge in [-0.3, -0.25) is 0 Å². The third-order valence-corrected chi connectivity index (χ3v) is 3.49. The fourth-order valence-corrected chi connectivity index (χ4v) is 2.17. The SMILES string of the molecule is CC1(C)Oc2ccc(OCCCC(F)(F)F)cc2CC1O. The fourth-order valence-electron chi connectivity index (χ4n) is 2.17. The van der Waals surface area contributed by atoms with E-state index in [0.717, 1.165) is 5.56 Å². The quantitative estimate of drug-likeness (QED) is 0.866. The van der Waals surface area contributed by atoms with Crippen molar-refractivity contribution < 1.29 is 27.8 Å². The molecule has 1 aliphatic heterocycles. The summed E-state index contributed by atoms with van der Waals surface area (Å²) in [6.45, 7) is 3.62. The highest BCUT2D eigenvalue weighted by Gasteiger charge is 2.35. The maximum atomic E-state index is 12.0. The molecule has 1 atom stereocenters. The Bertz CT molecular complexity index is 497. The first kappa shape index (κ1) is 15.9. The molecule has 0 spiro atoms. The van der Waals surface area contributed by atoms with Crippen LogP contribution in [0.3, 0.4) is 0 Å². The van der Waals surface area contributed by atoms with Crippen LogP contribution in [0.25, 0.3) is 0 Å². The van der Waals surface area contributed by atoms with Crippen molar-refractivity contribution >= 4 is 0 Å². The van der Waals surface area contributed by atoms with E-state index in [2.05, 4.69) is 0 Å². The van der Waals surface area contributed by atoms with Crippen molar-refractivity contribution in [2.45, 2.75) is 51.0 Å². The Morgan fingerprint density at radius 3 is 2.76 bits per heavy atom. The van der Waals surface area contributed by atoms with Crippen molar-refractivity contribution in [2.24, 2.45) is 0 Å². The van der Waals surface area contributed by atoms with E-state index in [4.69, 9.17) is 9.47 Å². The summed E-state index contributed by atoms with van der Waals surface area (Å²) in [5.41, 5.74) is 0.150. The van der Waals surface area contributed by atoms with E-state index in [1.807, 2.05) is 13.8 Å². The summed E-state index contributed by atoms with van der Waals surface area (Å²) in [6, 6.07) is 5.10. The van der Waals surface area contributed by atoms with Gasteiger partial charge in [-0.15, -0.1) is 0 Å². The zero-order valence-corrected chi connectivity index (χ0v) is 12.0. The van der Waals surface area contributed by atoms with E-state index in [9.17, 15) is 18.3 Å². The van der Waals surface area contributed by atoms with E-state index in [1.54, 1.807) is 18.2 Å². The molecule has 0 aromatic heterocycles. The van der Waals surface area contributed by atoms with Gasteiger partial charge in [0.15, 0.2) is 0 Å². The lowest BCUT2D eigenvalue weighted by molar-refractivity contribution is -0.136. The summed E-state index contributed by atoms with van der Waals surface area (Å²) >= 11 is 0. The number of aliphatic hydroxyl groups excluding tert-OH is 1. The number of hydrogen-bond donors (Lipinski definition) is 1. The minimum Gasteiger partial charge on any atom is -0.494 e. The molecule has 0 saturated heterocycles. The van der Waals surface area contributed by atoms with E-state index in [1.165, 1.54) is 0 Å². The normalized spacial score (nSPS) is 20.6. The smallest absolute Gasteiger partial charge is 0.389 e. The minimum atomic E-state index is -4.15. The molecule has 118 valence electrons. The Kier molecular flexibility index (Phi) is 4.37. The first-order chi connectivity index (χ1) is 9.67. The zero-order valence-electron chi connectivity index (χ0n) is 12.0. The molecule has 2 rings (SSSR count). The van der Waals surface area contributed by atoms with Gasteiger partial charge in [-0.25, -0.2) is 0 Å². The minimum absolute atomic E-state index is 0.00714. The molecule has 1 aliphatic rings. The molecule has 0 fully saturated rings. The summed E-state index contributed by atoms with van der Waals surface area (Å²) in [4.78, 5) is 0. The Hall–Kier alpha value is -1.43. The van der Waals surface area contributed by atoms with Crippen molar-refractivity contribution in [3.63, 3.8) is 0 Å². The van der Waals surface area contributed by atoms with Gasteiger partial charge in [0.05, 0.1) is 12.7 Å². The van der Waals surface area contributed by atoms with Gasteiger partial charge < -0.3 is 14.6 Å². The van der Waals surface area contributed by atoms with Gasteiger partial charge in [0.1, 0.15) is 17.1 Å². The predicted molar refractivity (Wildman–Crippen MR) is 71.6 cm³/mol. The molecular formula is C15H19F3O3. The van der Waals surface area contributed by atoms with Crippen LogP contribution in [0.2, 0.25) is 0 Å². The van der Waals surface area contributed by atoms with Crippen molar-refractivity contribution in [1.82, 2.24) is 0 Å². The number of fused-ring (bicyclic) bond motifs is 1. The summed E-state index contributed by atoms with van der Waals surface area (Å²) in [6.07, 6.45) is -5.28. The number of aliphatic hydroxyl groups is 1. The lowest BCUT2D eigenvalue weighted by Gasteiger charge is -2.37. The first-order valence-electron chi connectivity index (χ1n) is 6.87. The molecule has 6 heteroatoms. The summed E-state index contributed by atoms with van der Waals surface area (Å²) in [7, 11) is 0. The number of ether oxygens (including phenoxy) is 2. The molecule has 0 aliphatic carbocycles. The van der Waals surface area contributed by atoms with Crippen LogP contribution in [0.1, 0.15) is 32.3 Å². The Balaban J connectivity index is 1.94. The lowest BCUT2D eigenvalue weighted by atomic mass is 9.91. The molecule has 1 N–H and O–H groups in total. The molecule has 0 bridgehead atoms. The summed E-state index contributed by atoms with van der Waals surface area (Å²) in [5, 5.41) is 9.99. The second-order valence-corrected chi connectivity index (χ2v) is 5.76. The average Bonchev–Trinajstić information content (AvgIpc) is 2.35. The number of alkyl halides is 3. The van der Waals surface area contributed by atoms with Crippen LogP contribution >= 0.6 is 0 Å². The summed E-state index contributed by atoms with van der Waals surface area (Å²) in [5.74, 6) is 1.17. The number of hydrogen-bond acceptors (Lipinski definition) is 3. The largest absolute Gasteiger partial charge is 0.494 e. The first-order valence-corrected chi connectivity index (χ1v) is 6.87. The van der Waals surface area contributed by atoms with Gasteiger partial charge in [0, 0.05) is 18.4 Å². The molecular weight excluding hydrogens is 285 g/mol. The lowest BCUT2D eigenvalue weighted by Crippen LogP contribution is -2.46. The second-order valence-electron chi connectivity index (χ2n) is 5.76. The molecule has 0 radical (unpaired) electrons. The van der Waals surface area contributed by atoms with Crippen molar-refractivity contribution in [3.8, 4) is 11.5 Å². The molecule has 1 aromatic rings. The third kappa shape index (κ3) is 4.27. The van der Waals surface area contributed by atoms with Crippen LogP contribution in [-0.2, 0) is 6.42 Å². The Morgan fingerprint density at radius 1 is 1.38 bits per heavy atom. The Morgan fingerprint density at radius 2 is 2.10 bits per heavy atom. The van der Waals surface area contributed by atoms with Gasteiger partial charge in [-0.05, 0) is 38.5 Å². The predicted octanol–water partition coefficient (Wildman–Crippen LogP) is 3.48. The maximum Gasteiger partial charge on any atom is 0.389 e. The topological polar surface area (TPSA) is 38.7 Å². The monoisotopic (exact) mass is 304 g/mol. The Labute approximate surface area is 121 Å². The third-order valence-electron chi connectivity index (χ3n) is 3.49. The van der Waals surface area contributed by atoms with Crippen LogP contribution in [0.4, 0.5) is 13.2 Å². The van der Waals surface area contributed by atoms with Gasteiger partial charge in [-0.1, -0.05) is 0 Å². The second kappa shape index (κ2) is 5.75. The van der Waals surface area contributed by atoms with Gasteiger partial charge >= 0.3 is 6.18 Å². The molecule has 1 heterocycles. The van der Waals surface area contributed by atoms with Crippen molar-refractivity contribution in [2.75, 3.05) is 6.61 Å². The standard InChI is InChI=1S/C15H19F3O3/c1-14(2)13(19)9-10-8-11(4-5-12(10)21-14)20-7-3-6-15(16,17)18/h4-5,8,13,19H,3,6-7,9H2,1-2H3. The highest BCUT2D eigenvalue weighted by Crippen LogP contribution is 2.35. The highest BCUT2D eigenvalue weighted by atomic mass is 19.4. The van der Waals surface area contributed by atoms with Crippen LogP contribution < -0.4 is 9.47 Å². The molecule has 3 nitrogen and oxygen atoms in total. The fraction of sp³-hybridized carbons (Fsp3) is 0.600.